The van der Waals surface area contributed by atoms with Gasteiger partial charge >= 0.3 is 12.0 Å². The van der Waals surface area contributed by atoms with Gasteiger partial charge in [-0.15, -0.1) is 0 Å². The molecule has 5 heteroatoms. The van der Waals surface area contributed by atoms with E-state index in [2.05, 4.69) is 17.6 Å². The number of carbonyl (C=O) groups excluding carboxylic acids is 1. The Kier molecular flexibility index (Phi) is 6.12. The Morgan fingerprint density at radius 1 is 1.26 bits per heavy atom. The molecule has 2 amide bonds. The van der Waals surface area contributed by atoms with Gasteiger partial charge in [0.15, 0.2) is 0 Å². The summed E-state index contributed by atoms with van der Waals surface area (Å²) in [4.78, 5) is 22.7. The molecule has 0 aliphatic heterocycles. The first-order valence-corrected chi connectivity index (χ1v) is 7.19. The molecule has 1 rings (SSSR count). The summed E-state index contributed by atoms with van der Waals surface area (Å²) < 4.78 is 0. The second-order valence-corrected chi connectivity index (χ2v) is 5.94. The van der Waals surface area contributed by atoms with Gasteiger partial charge in [0.2, 0.25) is 0 Å². The van der Waals surface area contributed by atoms with Crippen molar-refractivity contribution in [1.82, 2.24) is 10.6 Å². The van der Waals surface area contributed by atoms with E-state index in [1.54, 1.807) is 13.8 Å². The number of urea groups is 1. The third-order valence-corrected chi connectivity index (χ3v) is 4.03. The van der Waals surface area contributed by atoms with Gasteiger partial charge in [-0.1, -0.05) is 40.0 Å². The molecule has 110 valence electrons. The highest BCUT2D eigenvalue weighted by Gasteiger charge is 2.25. The minimum atomic E-state index is -0.990. The quantitative estimate of drug-likeness (QED) is 0.716. The molecule has 0 radical (unpaired) electrons. The summed E-state index contributed by atoms with van der Waals surface area (Å²) in [5.74, 6) is 0.0317. The zero-order valence-corrected chi connectivity index (χ0v) is 12.1. The minimum Gasteiger partial charge on any atom is -0.480 e. The maximum absolute atomic E-state index is 11.7. The van der Waals surface area contributed by atoms with Gasteiger partial charge in [-0.3, -0.25) is 0 Å². The number of amides is 2. The Balaban J connectivity index is 2.36. The van der Waals surface area contributed by atoms with Crippen molar-refractivity contribution < 1.29 is 14.7 Å². The average molecular weight is 270 g/mol. The summed E-state index contributed by atoms with van der Waals surface area (Å²) in [5, 5.41) is 14.3. The maximum Gasteiger partial charge on any atom is 0.326 e. The van der Waals surface area contributed by atoms with Crippen molar-refractivity contribution in [3.63, 3.8) is 0 Å². The van der Waals surface area contributed by atoms with Crippen LogP contribution in [0, 0.1) is 17.8 Å². The predicted molar refractivity (Wildman–Crippen MR) is 73.9 cm³/mol. The lowest BCUT2D eigenvalue weighted by Gasteiger charge is -2.29. The Hall–Kier alpha value is -1.26. The summed E-state index contributed by atoms with van der Waals surface area (Å²) in [7, 11) is 0. The zero-order chi connectivity index (χ0) is 14.4. The molecule has 0 saturated heterocycles. The van der Waals surface area contributed by atoms with Crippen LogP contribution in [0.1, 0.15) is 46.5 Å². The van der Waals surface area contributed by atoms with E-state index >= 15 is 0 Å². The normalized spacial score (nSPS) is 24.8. The van der Waals surface area contributed by atoms with E-state index in [1.165, 1.54) is 19.3 Å². The minimum absolute atomic E-state index is 0.128. The third-order valence-electron chi connectivity index (χ3n) is 4.03. The van der Waals surface area contributed by atoms with Crippen LogP contribution >= 0.6 is 0 Å². The lowest BCUT2D eigenvalue weighted by molar-refractivity contribution is -0.140. The smallest absolute Gasteiger partial charge is 0.326 e. The first-order chi connectivity index (χ1) is 8.91. The molecule has 1 fully saturated rings. The number of hydrogen-bond donors (Lipinski definition) is 3. The topological polar surface area (TPSA) is 78.4 Å². The van der Waals surface area contributed by atoms with Crippen molar-refractivity contribution in [2.24, 2.45) is 17.8 Å². The van der Waals surface area contributed by atoms with Crippen molar-refractivity contribution in [2.45, 2.75) is 52.5 Å². The van der Waals surface area contributed by atoms with Gasteiger partial charge in [0.05, 0.1) is 0 Å². The van der Waals surface area contributed by atoms with Gasteiger partial charge in [-0.25, -0.2) is 9.59 Å². The number of rotatable bonds is 5. The van der Waals surface area contributed by atoms with Crippen LogP contribution < -0.4 is 10.6 Å². The van der Waals surface area contributed by atoms with Crippen molar-refractivity contribution in [2.75, 3.05) is 6.54 Å². The van der Waals surface area contributed by atoms with Gasteiger partial charge in [0.25, 0.3) is 0 Å². The molecule has 1 saturated carbocycles. The van der Waals surface area contributed by atoms with Gasteiger partial charge in [-0.2, -0.15) is 0 Å². The van der Waals surface area contributed by atoms with Crippen molar-refractivity contribution >= 4 is 12.0 Å². The average Bonchev–Trinajstić information content (AvgIpc) is 2.34. The Morgan fingerprint density at radius 2 is 1.89 bits per heavy atom. The van der Waals surface area contributed by atoms with Crippen LogP contribution in [0.15, 0.2) is 0 Å². The van der Waals surface area contributed by atoms with Crippen LogP contribution in [0.25, 0.3) is 0 Å². The fourth-order valence-electron chi connectivity index (χ4n) is 2.63. The number of carboxylic acids is 1. The van der Waals surface area contributed by atoms with E-state index in [-0.39, 0.29) is 11.9 Å². The molecule has 0 heterocycles. The molecule has 0 bridgehead atoms. The lowest BCUT2D eigenvalue weighted by atomic mass is 9.80. The number of carbonyl (C=O) groups is 2. The zero-order valence-electron chi connectivity index (χ0n) is 12.1. The second-order valence-electron chi connectivity index (χ2n) is 5.94. The maximum atomic E-state index is 11.7. The monoisotopic (exact) mass is 270 g/mol. The molecule has 19 heavy (non-hydrogen) atoms. The van der Waals surface area contributed by atoms with Crippen LogP contribution in [-0.2, 0) is 4.79 Å². The Bertz CT molecular complexity index is 318. The van der Waals surface area contributed by atoms with Crippen LogP contribution in [0.5, 0.6) is 0 Å². The fraction of sp³-hybridized carbons (Fsp3) is 0.857. The molecule has 2 unspecified atom stereocenters. The van der Waals surface area contributed by atoms with Crippen molar-refractivity contribution in [3.05, 3.63) is 0 Å². The van der Waals surface area contributed by atoms with Gasteiger partial charge < -0.3 is 15.7 Å². The standard InChI is InChI=1S/C14H26N2O3/c1-9(2)12(13(17)18)16-14(19)15-8-11-7-5-4-6-10(11)3/h9-12H,4-8H2,1-3H3,(H,17,18)(H2,15,16,19)/t10?,11?,12-/m0/s1. The first kappa shape index (κ1) is 15.8. The molecule has 3 N–H and O–H groups in total. The first-order valence-electron chi connectivity index (χ1n) is 7.19. The van der Waals surface area contributed by atoms with E-state index in [0.29, 0.717) is 18.4 Å². The van der Waals surface area contributed by atoms with E-state index in [0.717, 1.165) is 6.42 Å². The van der Waals surface area contributed by atoms with Crippen LogP contribution in [0.3, 0.4) is 0 Å². The van der Waals surface area contributed by atoms with Gasteiger partial charge in [-0.05, 0) is 24.2 Å². The summed E-state index contributed by atoms with van der Waals surface area (Å²) in [5.41, 5.74) is 0. The molecule has 5 nitrogen and oxygen atoms in total. The molecule has 0 spiro atoms. The SMILES string of the molecule is CC1CCCCC1CNC(=O)N[C@H](C(=O)O)C(C)C. The Labute approximate surface area is 115 Å². The van der Waals surface area contributed by atoms with E-state index in [1.807, 2.05) is 0 Å². The van der Waals surface area contributed by atoms with Gasteiger partial charge in [0, 0.05) is 6.54 Å². The summed E-state index contributed by atoms with van der Waals surface area (Å²) >= 11 is 0. The highest BCUT2D eigenvalue weighted by molar-refractivity contribution is 5.82. The van der Waals surface area contributed by atoms with E-state index in [9.17, 15) is 9.59 Å². The fourth-order valence-corrected chi connectivity index (χ4v) is 2.63. The highest BCUT2D eigenvalue weighted by Crippen LogP contribution is 2.28. The number of nitrogens with one attached hydrogen (secondary N) is 2. The Morgan fingerprint density at radius 3 is 2.42 bits per heavy atom. The van der Waals surface area contributed by atoms with Crippen LogP contribution in [-0.4, -0.2) is 29.7 Å². The molecular formula is C14H26N2O3. The number of carboxylic acid groups (broad SMARTS) is 1. The number of aliphatic carboxylic acids is 1. The second kappa shape index (κ2) is 7.36. The molecule has 0 aromatic carbocycles. The molecule has 0 aromatic heterocycles. The van der Waals surface area contributed by atoms with Crippen molar-refractivity contribution in [1.29, 1.82) is 0 Å². The van der Waals surface area contributed by atoms with Crippen molar-refractivity contribution in [3.8, 4) is 0 Å². The lowest BCUT2D eigenvalue weighted by Crippen LogP contribution is -2.49. The molecule has 0 aromatic rings. The van der Waals surface area contributed by atoms with E-state index < -0.39 is 12.0 Å². The summed E-state index contributed by atoms with van der Waals surface area (Å²) in [6, 6.07) is -1.21. The van der Waals surface area contributed by atoms with Gasteiger partial charge in [0.1, 0.15) is 6.04 Å². The molecule has 1 aliphatic rings. The van der Waals surface area contributed by atoms with Crippen LogP contribution in [0.2, 0.25) is 0 Å². The summed E-state index contributed by atoms with van der Waals surface area (Å²) in [6.07, 6.45) is 4.87. The summed E-state index contributed by atoms with van der Waals surface area (Å²) in [6.45, 7) is 6.42. The highest BCUT2D eigenvalue weighted by atomic mass is 16.4. The molecular weight excluding hydrogens is 244 g/mol. The predicted octanol–water partition coefficient (Wildman–Crippen LogP) is 2.22. The van der Waals surface area contributed by atoms with E-state index in [4.69, 9.17) is 5.11 Å². The van der Waals surface area contributed by atoms with Crippen LogP contribution in [0.4, 0.5) is 4.79 Å². The third kappa shape index (κ3) is 5.09. The number of hydrogen-bond acceptors (Lipinski definition) is 2. The molecule has 3 atom stereocenters. The molecule has 1 aliphatic carbocycles. The largest absolute Gasteiger partial charge is 0.480 e.